The Morgan fingerprint density at radius 2 is 2.14 bits per heavy atom. The van der Waals surface area contributed by atoms with Gasteiger partial charge in [0.1, 0.15) is 17.1 Å². The van der Waals surface area contributed by atoms with Crippen LogP contribution >= 0.6 is 0 Å². The maximum atomic E-state index is 12.3. The zero-order chi connectivity index (χ0) is 15.6. The number of ketones is 1. The largest absolute Gasteiger partial charge is 0.508 e. The molecule has 1 aliphatic heterocycles. The quantitative estimate of drug-likeness (QED) is 0.871. The third-order valence-corrected chi connectivity index (χ3v) is 3.79. The van der Waals surface area contributed by atoms with Gasteiger partial charge in [-0.1, -0.05) is 13.3 Å². The molecule has 21 heavy (non-hydrogen) atoms. The molecule has 1 aliphatic rings. The number of carboxylic acids is 1. The van der Waals surface area contributed by atoms with Gasteiger partial charge < -0.3 is 14.9 Å². The van der Waals surface area contributed by atoms with Crippen molar-refractivity contribution in [2.75, 3.05) is 0 Å². The normalized spacial score (nSPS) is 20.8. The molecule has 0 spiro atoms. The number of fused-ring (bicyclic) bond motifs is 1. The Morgan fingerprint density at radius 1 is 1.43 bits per heavy atom. The summed E-state index contributed by atoms with van der Waals surface area (Å²) in [6.07, 6.45) is 1.78. The molecule has 2 N–H and O–H groups in total. The molecule has 2 rings (SSSR count). The van der Waals surface area contributed by atoms with Gasteiger partial charge in [0.2, 0.25) is 0 Å². The lowest BCUT2D eigenvalue weighted by Gasteiger charge is -2.36. The van der Waals surface area contributed by atoms with Crippen molar-refractivity contribution in [1.82, 2.24) is 0 Å². The van der Waals surface area contributed by atoms with Crippen molar-refractivity contribution < 1.29 is 24.5 Å². The molecule has 0 aliphatic carbocycles. The minimum absolute atomic E-state index is 0.0545. The second kappa shape index (κ2) is 5.76. The Kier molecular flexibility index (Phi) is 4.21. The fourth-order valence-electron chi connectivity index (χ4n) is 2.67. The highest BCUT2D eigenvalue weighted by Gasteiger charge is 2.38. The number of benzene rings is 1. The van der Waals surface area contributed by atoms with E-state index in [4.69, 9.17) is 9.84 Å². The summed E-state index contributed by atoms with van der Waals surface area (Å²) in [5.41, 5.74) is 0.271. The summed E-state index contributed by atoms with van der Waals surface area (Å²) in [6, 6.07) is 3.09. The van der Waals surface area contributed by atoms with Crippen molar-refractivity contribution in [2.45, 2.75) is 51.6 Å². The first-order valence-corrected chi connectivity index (χ1v) is 7.15. The summed E-state index contributed by atoms with van der Waals surface area (Å²) < 4.78 is 5.96. The number of rotatable bonds is 5. The van der Waals surface area contributed by atoms with Gasteiger partial charge in [-0.05, 0) is 31.9 Å². The zero-order valence-corrected chi connectivity index (χ0v) is 12.3. The van der Waals surface area contributed by atoms with Crippen LogP contribution in [0.2, 0.25) is 0 Å². The van der Waals surface area contributed by atoms with Gasteiger partial charge in [0, 0.05) is 12.0 Å². The van der Waals surface area contributed by atoms with E-state index in [0.717, 1.165) is 6.42 Å². The second-order valence-electron chi connectivity index (χ2n) is 5.74. The van der Waals surface area contributed by atoms with Crippen LogP contribution in [-0.2, 0) is 11.2 Å². The minimum Gasteiger partial charge on any atom is -0.508 e. The molecule has 0 saturated carbocycles. The molecule has 0 fully saturated rings. The Labute approximate surface area is 123 Å². The first-order valence-electron chi connectivity index (χ1n) is 7.15. The number of Topliss-reactive ketones (excluding diaryl/α,β-unsaturated/α-hetero) is 1. The molecule has 1 heterocycles. The first-order chi connectivity index (χ1) is 9.86. The molecule has 114 valence electrons. The molecule has 0 radical (unpaired) electrons. The predicted octanol–water partition coefficient (Wildman–Crippen LogP) is 2.93. The van der Waals surface area contributed by atoms with Crippen LogP contribution in [0.1, 0.15) is 55.5 Å². The minimum atomic E-state index is -0.914. The highest BCUT2D eigenvalue weighted by molar-refractivity contribution is 6.01. The van der Waals surface area contributed by atoms with Crippen LogP contribution in [0.5, 0.6) is 11.5 Å². The van der Waals surface area contributed by atoms with E-state index < -0.39 is 11.6 Å². The van der Waals surface area contributed by atoms with Crippen molar-refractivity contribution in [2.24, 2.45) is 0 Å². The van der Waals surface area contributed by atoms with E-state index in [-0.39, 0.29) is 30.8 Å². The van der Waals surface area contributed by atoms with Crippen molar-refractivity contribution in [3.05, 3.63) is 23.3 Å². The van der Waals surface area contributed by atoms with Crippen LogP contribution in [0.4, 0.5) is 0 Å². The molecule has 1 aromatic rings. The smallest absolute Gasteiger partial charge is 0.303 e. The number of aliphatic carboxylic acids is 1. The van der Waals surface area contributed by atoms with Crippen molar-refractivity contribution >= 4 is 11.8 Å². The van der Waals surface area contributed by atoms with E-state index in [2.05, 4.69) is 0 Å². The number of aromatic hydroxyl groups is 1. The predicted molar refractivity (Wildman–Crippen MR) is 77.0 cm³/mol. The summed E-state index contributed by atoms with van der Waals surface area (Å²) in [7, 11) is 0. The summed E-state index contributed by atoms with van der Waals surface area (Å²) in [4.78, 5) is 23.1. The molecule has 0 amide bonds. The average Bonchev–Trinajstić information content (AvgIpc) is 2.40. The Balaban J connectivity index is 2.38. The fourth-order valence-corrected chi connectivity index (χ4v) is 2.67. The molecule has 1 atom stereocenters. The lowest BCUT2D eigenvalue weighted by Crippen LogP contribution is -2.40. The summed E-state index contributed by atoms with van der Waals surface area (Å²) >= 11 is 0. The van der Waals surface area contributed by atoms with Crippen molar-refractivity contribution in [3.63, 3.8) is 0 Å². The number of phenolic OH excluding ortho intramolecular Hbond substituents is 1. The number of phenols is 1. The number of hydrogen-bond donors (Lipinski definition) is 2. The maximum absolute atomic E-state index is 12.3. The molecular weight excluding hydrogens is 272 g/mol. The van der Waals surface area contributed by atoms with Gasteiger partial charge in [0.15, 0.2) is 5.78 Å². The molecule has 1 aromatic carbocycles. The van der Waals surface area contributed by atoms with Crippen molar-refractivity contribution in [3.8, 4) is 11.5 Å². The highest BCUT2D eigenvalue weighted by Crippen LogP contribution is 2.41. The van der Waals surface area contributed by atoms with Gasteiger partial charge in [0.25, 0.3) is 0 Å². The van der Waals surface area contributed by atoms with Crippen molar-refractivity contribution in [1.29, 1.82) is 0 Å². The molecule has 0 bridgehead atoms. The van der Waals surface area contributed by atoms with Gasteiger partial charge in [-0.2, -0.15) is 0 Å². The Bertz CT molecular complexity index is 578. The van der Waals surface area contributed by atoms with E-state index >= 15 is 0 Å². The number of carbonyl (C=O) groups excluding carboxylic acids is 1. The number of hydrogen-bond acceptors (Lipinski definition) is 4. The number of carboxylic acid groups (broad SMARTS) is 1. The van der Waals surface area contributed by atoms with Crippen LogP contribution < -0.4 is 4.74 Å². The maximum Gasteiger partial charge on any atom is 0.303 e. The second-order valence-corrected chi connectivity index (χ2v) is 5.74. The highest BCUT2D eigenvalue weighted by atomic mass is 16.5. The van der Waals surface area contributed by atoms with E-state index in [9.17, 15) is 14.7 Å². The standard InChI is InChI=1S/C16H20O5/c1-3-4-10-12(17)6-5-11-13(18)9-16(2,21-15(10)11)8-7-14(19)20/h5-6,17H,3-4,7-9H2,1-2H3,(H,19,20). The summed E-state index contributed by atoms with van der Waals surface area (Å²) in [5, 5.41) is 18.8. The molecule has 0 saturated heterocycles. The van der Waals surface area contributed by atoms with Gasteiger partial charge in [-0.15, -0.1) is 0 Å². The first kappa shape index (κ1) is 15.4. The van der Waals surface area contributed by atoms with Crippen LogP contribution in [0, 0.1) is 0 Å². The Hall–Kier alpha value is -2.04. The van der Waals surface area contributed by atoms with Gasteiger partial charge in [-0.25, -0.2) is 0 Å². The van der Waals surface area contributed by atoms with E-state index in [1.54, 1.807) is 13.0 Å². The zero-order valence-electron chi connectivity index (χ0n) is 12.3. The molecular formula is C16H20O5. The third-order valence-electron chi connectivity index (χ3n) is 3.79. The lowest BCUT2D eigenvalue weighted by atomic mass is 9.86. The molecule has 0 aromatic heterocycles. The lowest BCUT2D eigenvalue weighted by molar-refractivity contribution is -0.138. The molecule has 1 unspecified atom stereocenters. The van der Waals surface area contributed by atoms with Crippen LogP contribution in [-0.4, -0.2) is 27.6 Å². The Morgan fingerprint density at radius 3 is 2.76 bits per heavy atom. The molecule has 5 heteroatoms. The topological polar surface area (TPSA) is 83.8 Å². The van der Waals surface area contributed by atoms with Gasteiger partial charge >= 0.3 is 5.97 Å². The monoisotopic (exact) mass is 292 g/mol. The molecule has 5 nitrogen and oxygen atoms in total. The van der Waals surface area contributed by atoms with Crippen LogP contribution in [0.15, 0.2) is 12.1 Å². The van der Waals surface area contributed by atoms with E-state index in [0.29, 0.717) is 23.3 Å². The van der Waals surface area contributed by atoms with Crippen LogP contribution in [0.25, 0.3) is 0 Å². The SMILES string of the molecule is CCCc1c(O)ccc2c1OC(C)(CCC(=O)O)CC2=O. The van der Waals surface area contributed by atoms with Gasteiger partial charge in [0.05, 0.1) is 12.0 Å². The number of ether oxygens (including phenoxy) is 1. The van der Waals surface area contributed by atoms with E-state index in [1.807, 2.05) is 6.92 Å². The average molecular weight is 292 g/mol. The van der Waals surface area contributed by atoms with Gasteiger partial charge in [-0.3, -0.25) is 9.59 Å². The fraction of sp³-hybridized carbons (Fsp3) is 0.500. The summed E-state index contributed by atoms with van der Waals surface area (Å²) in [6.45, 7) is 3.73. The summed E-state index contributed by atoms with van der Waals surface area (Å²) in [5.74, 6) is -0.448. The van der Waals surface area contributed by atoms with E-state index in [1.165, 1.54) is 6.07 Å². The number of carbonyl (C=O) groups is 2. The van der Waals surface area contributed by atoms with Crippen LogP contribution in [0.3, 0.4) is 0 Å². The third kappa shape index (κ3) is 3.17.